The molecule has 2 aromatic carbocycles. The quantitative estimate of drug-likeness (QED) is 0.794. The van der Waals surface area contributed by atoms with E-state index in [1.807, 2.05) is 12.1 Å². The molecule has 0 radical (unpaired) electrons. The standard InChI is InChI=1S/2C6H5.CH3.Mn.H2N/c2*1-2-4-6-5-3-1;;;/h2*1-5H;1H3;;1H2/q;;;+1;-1. The van der Waals surface area contributed by atoms with Gasteiger partial charge in [-0.2, -0.15) is 0 Å². The zero-order valence-electron chi connectivity index (χ0n) is 8.73. The van der Waals surface area contributed by atoms with Crippen molar-refractivity contribution in [2.24, 2.45) is 4.75 Å². The molecule has 15 heavy (non-hydrogen) atoms. The predicted octanol–water partition coefficient (Wildman–Crippen LogP) is 1.71. The molecule has 0 heterocycles. The van der Waals surface area contributed by atoms with Crippen LogP contribution in [0.1, 0.15) is 0 Å². The van der Waals surface area contributed by atoms with Gasteiger partial charge in [0, 0.05) is 0 Å². The molecule has 2 aromatic rings. The van der Waals surface area contributed by atoms with Gasteiger partial charge in [-0.15, -0.1) is 0 Å². The molecule has 2 N–H and O–H groups in total. The van der Waals surface area contributed by atoms with Crippen LogP contribution in [-0.4, -0.2) is 0 Å². The first-order chi connectivity index (χ1) is 7.21. The van der Waals surface area contributed by atoms with Gasteiger partial charge < -0.3 is 0 Å². The number of hydrogen-bond donors (Lipinski definition) is 1. The Morgan fingerprint density at radius 2 is 1.07 bits per heavy atom. The van der Waals surface area contributed by atoms with E-state index in [1.165, 1.54) is 8.92 Å². The Kier molecular flexibility index (Phi) is 2.92. The van der Waals surface area contributed by atoms with E-state index in [2.05, 4.69) is 54.4 Å². The Bertz CT molecular complexity index is 381. The number of benzene rings is 2. The van der Waals surface area contributed by atoms with Crippen molar-refractivity contribution in [3.63, 3.8) is 0 Å². The van der Waals surface area contributed by atoms with E-state index < -0.39 is 13.1 Å². The normalized spacial score (nSPS) is 12.4. The summed E-state index contributed by atoms with van der Waals surface area (Å²) >= 11 is -1.97. The van der Waals surface area contributed by atoms with E-state index in [-0.39, 0.29) is 0 Å². The fraction of sp³-hybridized carbons (Fsp3) is 0.0769. The van der Waals surface area contributed by atoms with Crippen LogP contribution in [0.4, 0.5) is 0 Å². The maximum atomic E-state index is 6.50. The Hall–Kier alpha value is -1.08. The Balaban J connectivity index is 2.44. The molecule has 0 unspecified atom stereocenters. The second-order valence-electron chi connectivity index (χ2n) is 3.50. The third-order valence-corrected chi connectivity index (χ3v) is 5.99. The molecular formula is C13H15MnN. The number of nitrogens with two attached hydrogens (primary N) is 1. The van der Waals surface area contributed by atoms with Crippen molar-refractivity contribution in [2.45, 2.75) is 5.82 Å². The molecule has 0 saturated heterocycles. The summed E-state index contributed by atoms with van der Waals surface area (Å²) in [5, 5.41) is 0. The van der Waals surface area contributed by atoms with Gasteiger partial charge >= 0.3 is 93.2 Å². The average Bonchev–Trinajstić information content (AvgIpc) is 2.31. The van der Waals surface area contributed by atoms with Crippen molar-refractivity contribution in [3.8, 4) is 0 Å². The monoisotopic (exact) mass is 240 g/mol. The zero-order chi connectivity index (χ0) is 10.7. The van der Waals surface area contributed by atoms with Crippen molar-refractivity contribution in [3.05, 3.63) is 60.7 Å². The van der Waals surface area contributed by atoms with E-state index in [1.54, 1.807) is 0 Å². The van der Waals surface area contributed by atoms with Crippen LogP contribution in [0.5, 0.6) is 0 Å². The minimum atomic E-state index is -1.97. The summed E-state index contributed by atoms with van der Waals surface area (Å²) in [6, 6.07) is 20.8. The van der Waals surface area contributed by atoms with Crippen LogP contribution in [0, 0.1) is 0 Å². The third kappa shape index (κ3) is 2.13. The van der Waals surface area contributed by atoms with Crippen LogP contribution in [0.25, 0.3) is 0 Å². The van der Waals surface area contributed by atoms with Crippen molar-refractivity contribution in [2.75, 3.05) is 0 Å². The van der Waals surface area contributed by atoms with Crippen molar-refractivity contribution in [1.82, 2.24) is 0 Å². The zero-order valence-corrected chi connectivity index (χ0v) is 9.91. The van der Waals surface area contributed by atoms with Crippen LogP contribution in [-0.2, 0) is 13.1 Å². The van der Waals surface area contributed by atoms with Gasteiger partial charge in [-0.3, -0.25) is 0 Å². The summed E-state index contributed by atoms with van der Waals surface area (Å²) in [5.74, 6) is 2.18. The molecule has 0 saturated carbocycles. The molecule has 79 valence electrons. The third-order valence-electron chi connectivity index (χ3n) is 2.37. The summed E-state index contributed by atoms with van der Waals surface area (Å²) in [6.07, 6.45) is 0. The maximum absolute atomic E-state index is 6.50. The summed E-state index contributed by atoms with van der Waals surface area (Å²) in [7, 11) is 0. The predicted molar refractivity (Wildman–Crippen MR) is 62.2 cm³/mol. The molecular weight excluding hydrogens is 225 g/mol. The summed E-state index contributed by atoms with van der Waals surface area (Å²) in [5.41, 5.74) is 0. The summed E-state index contributed by atoms with van der Waals surface area (Å²) in [6.45, 7) is 0. The summed E-state index contributed by atoms with van der Waals surface area (Å²) < 4.78 is 9.05. The van der Waals surface area contributed by atoms with Gasteiger partial charge in [0.25, 0.3) is 0 Å². The van der Waals surface area contributed by atoms with Gasteiger partial charge in [-0.25, -0.2) is 0 Å². The molecule has 1 nitrogen and oxygen atoms in total. The molecule has 0 amide bonds. The number of rotatable bonds is 2. The minimum absolute atomic E-state index is 1.28. The van der Waals surface area contributed by atoms with Crippen LogP contribution in [0.2, 0.25) is 5.82 Å². The Labute approximate surface area is 93.4 Å². The van der Waals surface area contributed by atoms with Gasteiger partial charge in [0.05, 0.1) is 0 Å². The Morgan fingerprint density at radius 1 is 0.733 bits per heavy atom. The molecule has 0 atom stereocenters. The molecule has 2 heteroatoms. The summed E-state index contributed by atoms with van der Waals surface area (Å²) in [4.78, 5) is 0. The van der Waals surface area contributed by atoms with Crippen molar-refractivity contribution in [1.29, 1.82) is 0 Å². The molecule has 0 aliphatic rings. The SMILES string of the molecule is [CH3][Mn]([NH2])([c]1ccccc1)[c]1ccccc1. The molecule has 0 aliphatic heterocycles. The van der Waals surface area contributed by atoms with Gasteiger partial charge in [-0.05, 0) is 0 Å². The van der Waals surface area contributed by atoms with E-state index in [9.17, 15) is 0 Å². The van der Waals surface area contributed by atoms with E-state index in [0.29, 0.717) is 0 Å². The topological polar surface area (TPSA) is 26.0 Å². The van der Waals surface area contributed by atoms with E-state index in [0.717, 1.165) is 0 Å². The molecule has 0 aliphatic carbocycles. The van der Waals surface area contributed by atoms with Crippen LogP contribution < -0.4 is 13.7 Å². The van der Waals surface area contributed by atoms with Crippen LogP contribution >= 0.6 is 0 Å². The van der Waals surface area contributed by atoms with Crippen molar-refractivity contribution < 1.29 is 13.1 Å². The van der Waals surface area contributed by atoms with Crippen LogP contribution in [0.3, 0.4) is 0 Å². The molecule has 0 spiro atoms. The van der Waals surface area contributed by atoms with Gasteiger partial charge in [0.1, 0.15) is 0 Å². The molecule has 2 rings (SSSR count). The van der Waals surface area contributed by atoms with E-state index in [4.69, 9.17) is 4.75 Å². The van der Waals surface area contributed by atoms with Gasteiger partial charge in [0.15, 0.2) is 0 Å². The first-order valence-corrected chi connectivity index (χ1v) is 7.84. The second-order valence-corrected chi connectivity index (χ2v) is 7.70. The van der Waals surface area contributed by atoms with Gasteiger partial charge in [-0.1, -0.05) is 0 Å². The first kappa shape index (κ1) is 10.4. The number of hydrogen-bond acceptors (Lipinski definition) is 1. The molecule has 0 fully saturated rings. The van der Waals surface area contributed by atoms with Gasteiger partial charge in [0.2, 0.25) is 0 Å². The Morgan fingerprint density at radius 3 is 1.40 bits per heavy atom. The first-order valence-electron chi connectivity index (χ1n) is 4.80. The van der Waals surface area contributed by atoms with Crippen LogP contribution in [0.15, 0.2) is 60.7 Å². The molecule has 0 bridgehead atoms. The van der Waals surface area contributed by atoms with E-state index >= 15 is 0 Å². The van der Waals surface area contributed by atoms with Crippen molar-refractivity contribution >= 4 is 8.92 Å². The fourth-order valence-electron chi connectivity index (χ4n) is 1.48. The fourth-order valence-corrected chi connectivity index (χ4v) is 3.96. The molecule has 0 aromatic heterocycles. The average molecular weight is 240 g/mol. The second kappa shape index (κ2) is 4.19.